The van der Waals surface area contributed by atoms with Crippen molar-refractivity contribution >= 4 is 11.7 Å². The zero-order chi connectivity index (χ0) is 16.0. The molecule has 1 atom stereocenters. The molecule has 0 spiro atoms. The van der Waals surface area contributed by atoms with E-state index in [0.29, 0.717) is 11.3 Å². The van der Waals surface area contributed by atoms with Crippen molar-refractivity contribution in [3.63, 3.8) is 0 Å². The molecule has 0 bridgehead atoms. The molecule has 1 rings (SSSR count). The van der Waals surface area contributed by atoms with Gasteiger partial charge in [-0.1, -0.05) is 26.0 Å². The van der Waals surface area contributed by atoms with Crippen LogP contribution in [-0.2, 0) is 4.79 Å². The van der Waals surface area contributed by atoms with Crippen LogP contribution in [0, 0.1) is 17.2 Å². The fraction of sp³-hybridized carbons (Fsp3) is 0.438. The van der Waals surface area contributed by atoms with Gasteiger partial charge in [-0.05, 0) is 31.9 Å². The van der Waals surface area contributed by atoms with E-state index in [4.69, 9.17) is 10.00 Å². The molecule has 0 aliphatic heterocycles. The van der Waals surface area contributed by atoms with Crippen LogP contribution in [0.25, 0.3) is 0 Å². The number of nitrogens with one attached hydrogen (secondary N) is 1. The van der Waals surface area contributed by atoms with Crippen molar-refractivity contribution in [2.24, 2.45) is 5.92 Å². The molecule has 1 N–H and O–H groups in total. The summed E-state index contributed by atoms with van der Waals surface area (Å²) in [6.45, 7) is 6.58. The molecule has 0 saturated carbocycles. The van der Waals surface area contributed by atoms with Gasteiger partial charge in [0.25, 0.3) is 5.91 Å². The Hall–Kier alpha value is -2.35. The lowest BCUT2D eigenvalue weighted by molar-refractivity contribution is -0.124. The Morgan fingerprint density at radius 1 is 1.38 bits per heavy atom. The van der Waals surface area contributed by atoms with Crippen LogP contribution >= 0.6 is 0 Å². The molecule has 1 aromatic carbocycles. The highest BCUT2D eigenvalue weighted by Gasteiger charge is 2.30. The zero-order valence-electron chi connectivity index (χ0n) is 12.8. The van der Waals surface area contributed by atoms with Crippen LogP contribution in [0.4, 0.5) is 0 Å². The molecule has 0 radical (unpaired) electrons. The van der Waals surface area contributed by atoms with E-state index in [2.05, 4.69) is 11.4 Å². The van der Waals surface area contributed by atoms with Crippen LogP contribution in [0.2, 0.25) is 0 Å². The number of nitrogens with zero attached hydrogens (tertiary/aromatic N) is 1. The number of ketones is 1. The zero-order valence-corrected chi connectivity index (χ0v) is 12.8. The first-order valence-electron chi connectivity index (χ1n) is 6.75. The molecule has 5 heteroatoms. The Kier molecular flexibility index (Phi) is 5.48. The average Bonchev–Trinajstić information content (AvgIpc) is 2.44. The predicted molar refractivity (Wildman–Crippen MR) is 78.9 cm³/mol. The highest BCUT2D eigenvalue weighted by molar-refractivity contribution is 5.96. The summed E-state index contributed by atoms with van der Waals surface area (Å²) in [5.74, 6) is -0.194. The number of rotatable bonds is 6. The molecule has 1 unspecified atom stereocenters. The third-order valence-electron chi connectivity index (χ3n) is 3.41. The van der Waals surface area contributed by atoms with Crippen molar-refractivity contribution in [1.29, 1.82) is 5.26 Å². The smallest absolute Gasteiger partial charge is 0.259 e. The highest BCUT2D eigenvalue weighted by Crippen LogP contribution is 2.19. The fourth-order valence-corrected chi connectivity index (χ4v) is 1.65. The lowest BCUT2D eigenvalue weighted by Gasteiger charge is -2.27. The first-order valence-corrected chi connectivity index (χ1v) is 6.75. The minimum Gasteiger partial charge on any atom is -0.483 e. The monoisotopic (exact) mass is 288 g/mol. The molecule has 5 nitrogen and oxygen atoms in total. The molecule has 1 aromatic rings. The van der Waals surface area contributed by atoms with E-state index in [1.165, 1.54) is 6.92 Å². The van der Waals surface area contributed by atoms with Crippen LogP contribution < -0.4 is 10.1 Å². The third-order valence-corrected chi connectivity index (χ3v) is 3.41. The van der Waals surface area contributed by atoms with Crippen molar-refractivity contribution in [3.05, 3.63) is 29.8 Å². The minimum atomic E-state index is -0.944. The van der Waals surface area contributed by atoms with Crippen LogP contribution in [0.1, 0.15) is 38.1 Å². The second-order valence-electron chi connectivity index (χ2n) is 5.36. The molecule has 0 aliphatic carbocycles. The molecule has 21 heavy (non-hydrogen) atoms. The summed E-state index contributed by atoms with van der Waals surface area (Å²) in [4.78, 5) is 23.4. The second-order valence-corrected chi connectivity index (χ2v) is 5.36. The van der Waals surface area contributed by atoms with Gasteiger partial charge in [0, 0.05) is 0 Å². The summed E-state index contributed by atoms with van der Waals surface area (Å²) in [7, 11) is 0. The maximum Gasteiger partial charge on any atom is 0.259 e. The van der Waals surface area contributed by atoms with E-state index in [9.17, 15) is 9.59 Å². The lowest BCUT2D eigenvalue weighted by Crippen LogP contribution is -2.50. The normalized spacial score (nSPS) is 13.1. The van der Waals surface area contributed by atoms with Gasteiger partial charge in [0.05, 0.1) is 11.6 Å². The fourth-order valence-electron chi connectivity index (χ4n) is 1.65. The van der Waals surface area contributed by atoms with Crippen molar-refractivity contribution in [2.45, 2.75) is 33.2 Å². The largest absolute Gasteiger partial charge is 0.483 e. The van der Waals surface area contributed by atoms with Crippen molar-refractivity contribution in [2.75, 3.05) is 6.61 Å². The number of Topliss-reactive ketones (excluding diaryl/α,β-unsaturated/α-hetero) is 1. The standard InChI is InChI=1S/C16H20N2O3/c1-11(2)16(4,10-17)18-15(20)9-21-14-8-6-5-7-13(14)12(3)19/h5-8,11H,9H2,1-4H3,(H,18,20). The van der Waals surface area contributed by atoms with Crippen LogP contribution in [0.5, 0.6) is 5.75 Å². The van der Waals surface area contributed by atoms with Gasteiger partial charge in [0.15, 0.2) is 12.4 Å². The van der Waals surface area contributed by atoms with Gasteiger partial charge < -0.3 is 10.1 Å². The topological polar surface area (TPSA) is 79.2 Å². The van der Waals surface area contributed by atoms with E-state index < -0.39 is 11.4 Å². The van der Waals surface area contributed by atoms with Gasteiger partial charge >= 0.3 is 0 Å². The molecule has 112 valence electrons. The maximum atomic E-state index is 11.9. The predicted octanol–water partition coefficient (Wildman–Crippen LogP) is 2.32. The summed E-state index contributed by atoms with van der Waals surface area (Å²) < 4.78 is 5.39. The molecular formula is C16H20N2O3. The molecule has 0 heterocycles. The number of para-hydroxylation sites is 1. The first kappa shape index (κ1) is 16.7. The summed E-state index contributed by atoms with van der Waals surface area (Å²) >= 11 is 0. The Balaban J connectivity index is 2.71. The number of nitriles is 1. The molecule has 0 saturated heterocycles. The molecule has 1 amide bonds. The van der Waals surface area contributed by atoms with Crippen LogP contribution in [-0.4, -0.2) is 23.8 Å². The maximum absolute atomic E-state index is 11.9. The number of amides is 1. The highest BCUT2D eigenvalue weighted by atomic mass is 16.5. The Morgan fingerprint density at radius 3 is 2.52 bits per heavy atom. The van der Waals surface area contributed by atoms with Crippen LogP contribution in [0.3, 0.4) is 0 Å². The van der Waals surface area contributed by atoms with Crippen molar-refractivity contribution < 1.29 is 14.3 Å². The number of benzene rings is 1. The summed E-state index contributed by atoms with van der Waals surface area (Å²) in [5.41, 5.74) is -0.516. The molecule has 0 fully saturated rings. The second kappa shape index (κ2) is 6.89. The van der Waals surface area contributed by atoms with Gasteiger partial charge in [-0.3, -0.25) is 9.59 Å². The lowest BCUT2D eigenvalue weighted by atomic mass is 9.90. The van der Waals surface area contributed by atoms with Gasteiger partial charge in [-0.15, -0.1) is 0 Å². The van der Waals surface area contributed by atoms with Gasteiger partial charge in [0.2, 0.25) is 0 Å². The number of ether oxygens (including phenoxy) is 1. The van der Waals surface area contributed by atoms with E-state index in [0.717, 1.165) is 0 Å². The van der Waals surface area contributed by atoms with E-state index >= 15 is 0 Å². The molecule has 0 aromatic heterocycles. The van der Waals surface area contributed by atoms with E-state index in [-0.39, 0.29) is 18.3 Å². The minimum absolute atomic E-state index is 0.0315. The van der Waals surface area contributed by atoms with Gasteiger partial charge in [0.1, 0.15) is 11.3 Å². The Labute approximate surface area is 124 Å². The van der Waals surface area contributed by atoms with E-state index in [1.54, 1.807) is 31.2 Å². The number of hydrogen-bond acceptors (Lipinski definition) is 4. The summed E-state index contributed by atoms with van der Waals surface area (Å²) in [6, 6.07) is 8.83. The molecular weight excluding hydrogens is 268 g/mol. The van der Waals surface area contributed by atoms with Gasteiger partial charge in [-0.25, -0.2) is 0 Å². The Morgan fingerprint density at radius 2 is 2.00 bits per heavy atom. The van der Waals surface area contributed by atoms with Crippen LogP contribution in [0.15, 0.2) is 24.3 Å². The number of carbonyl (C=O) groups is 2. The van der Waals surface area contributed by atoms with Crippen molar-refractivity contribution in [3.8, 4) is 11.8 Å². The summed E-state index contributed by atoms with van der Waals surface area (Å²) in [6.07, 6.45) is 0. The quantitative estimate of drug-likeness (QED) is 0.815. The number of hydrogen-bond donors (Lipinski definition) is 1. The van der Waals surface area contributed by atoms with Crippen molar-refractivity contribution in [1.82, 2.24) is 5.32 Å². The SMILES string of the molecule is CC(=O)c1ccccc1OCC(=O)NC(C)(C#N)C(C)C. The Bertz CT molecular complexity index is 575. The first-order chi connectivity index (χ1) is 9.80. The number of carbonyl (C=O) groups excluding carboxylic acids is 2. The third kappa shape index (κ3) is 4.32. The van der Waals surface area contributed by atoms with Gasteiger partial charge in [-0.2, -0.15) is 5.26 Å². The summed E-state index contributed by atoms with van der Waals surface area (Å²) in [5, 5.41) is 11.8. The molecule has 0 aliphatic rings. The average molecular weight is 288 g/mol. The van der Waals surface area contributed by atoms with E-state index in [1.807, 2.05) is 13.8 Å².